The molecule has 3 aromatic rings. The maximum Gasteiger partial charge on any atom is 0.338 e. The number of hydrogen-bond acceptors (Lipinski definition) is 4. The molecule has 0 bridgehead atoms. The Balaban J connectivity index is 1.86. The van der Waals surface area contributed by atoms with Gasteiger partial charge in [-0.1, -0.05) is 0 Å². The fourth-order valence-electron chi connectivity index (χ4n) is 2.29. The fraction of sp³-hybridized carbons (Fsp3) is 0.111. The van der Waals surface area contributed by atoms with Gasteiger partial charge in [0.1, 0.15) is 5.82 Å². The Hall–Kier alpha value is -2.95. The second-order valence-electron chi connectivity index (χ2n) is 4.94. The van der Waals surface area contributed by atoms with Crippen molar-refractivity contribution in [2.24, 2.45) is 0 Å². The lowest BCUT2D eigenvalue weighted by atomic mass is 10.1. The smallest absolute Gasteiger partial charge is 0.338 e. The number of nitrogens with one attached hydrogen (secondary N) is 1. The minimum atomic E-state index is -0.344. The average molecular weight is 310 g/mol. The highest BCUT2D eigenvalue weighted by Crippen LogP contribution is 2.25. The summed E-state index contributed by atoms with van der Waals surface area (Å²) in [6, 6.07) is 13.3. The predicted molar refractivity (Wildman–Crippen MR) is 87.4 cm³/mol. The molecule has 0 aliphatic heterocycles. The van der Waals surface area contributed by atoms with Gasteiger partial charge in [0.25, 0.3) is 0 Å². The number of rotatable bonds is 4. The SMILES string of the molecule is CCOC(=O)c1ccc(Nc2ccnc3cc(F)ccc23)cc1. The van der Waals surface area contributed by atoms with Gasteiger partial charge in [-0.15, -0.1) is 0 Å². The zero-order chi connectivity index (χ0) is 16.2. The van der Waals surface area contributed by atoms with Gasteiger partial charge in [-0.25, -0.2) is 9.18 Å². The first-order chi connectivity index (χ1) is 11.2. The molecule has 0 saturated carbocycles. The van der Waals surface area contributed by atoms with E-state index in [9.17, 15) is 9.18 Å². The van der Waals surface area contributed by atoms with Gasteiger partial charge in [0.15, 0.2) is 0 Å². The molecule has 116 valence electrons. The van der Waals surface area contributed by atoms with Crippen molar-refractivity contribution < 1.29 is 13.9 Å². The molecule has 0 fully saturated rings. The zero-order valence-corrected chi connectivity index (χ0v) is 12.5. The quantitative estimate of drug-likeness (QED) is 0.730. The molecule has 3 rings (SSSR count). The Morgan fingerprint density at radius 1 is 1.17 bits per heavy atom. The van der Waals surface area contributed by atoms with Crippen LogP contribution in [0.3, 0.4) is 0 Å². The lowest BCUT2D eigenvalue weighted by Gasteiger charge is -2.10. The summed E-state index contributed by atoms with van der Waals surface area (Å²) in [7, 11) is 0. The number of carbonyl (C=O) groups is 1. The standard InChI is InChI=1S/C18H15FN2O2/c1-2-23-18(22)12-3-6-14(7-4-12)21-16-9-10-20-17-11-13(19)5-8-15(16)17/h3-11H,2H2,1H3,(H,20,21). The number of halogens is 1. The van der Waals surface area contributed by atoms with Gasteiger partial charge in [-0.3, -0.25) is 4.98 Å². The number of aromatic nitrogens is 1. The molecule has 4 nitrogen and oxygen atoms in total. The van der Waals surface area contributed by atoms with Gasteiger partial charge in [0.2, 0.25) is 0 Å². The van der Waals surface area contributed by atoms with Crippen molar-refractivity contribution in [1.82, 2.24) is 4.98 Å². The summed E-state index contributed by atoms with van der Waals surface area (Å²) < 4.78 is 18.2. The molecule has 2 aromatic carbocycles. The third kappa shape index (κ3) is 3.29. The van der Waals surface area contributed by atoms with Gasteiger partial charge < -0.3 is 10.1 Å². The first kappa shape index (κ1) is 15.0. The first-order valence-electron chi connectivity index (χ1n) is 7.26. The molecule has 0 amide bonds. The summed E-state index contributed by atoms with van der Waals surface area (Å²) in [4.78, 5) is 15.8. The highest BCUT2D eigenvalue weighted by Gasteiger charge is 2.07. The van der Waals surface area contributed by atoms with E-state index < -0.39 is 0 Å². The van der Waals surface area contributed by atoms with Gasteiger partial charge >= 0.3 is 5.97 Å². The van der Waals surface area contributed by atoms with E-state index in [2.05, 4.69) is 10.3 Å². The van der Waals surface area contributed by atoms with Gasteiger partial charge in [-0.05, 0) is 49.4 Å². The molecule has 0 saturated heterocycles. The van der Waals surface area contributed by atoms with Crippen LogP contribution in [0.2, 0.25) is 0 Å². The van der Waals surface area contributed by atoms with Gasteiger partial charge in [0, 0.05) is 29.0 Å². The number of benzene rings is 2. The second kappa shape index (κ2) is 6.44. The van der Waals surface area contributed by atoms with Crippen molar-refractivity contribution in [2.75, 3.05) is 11.9 Å². The maximum atomic E-state index is 13.3. The summed E-state index contributed by atoms with van der Waals surface area (Å²) in [6.07, 6.45) is 1.62. The molecule has 1 aromatic heterocycles. The number of fused-ring (bicyclic) bond motifs is 1. The lowest BCUT2D eigenvalue weighted by Crippen LogP contribution is -2.04. The number of ether oxygens (including phenoxy) is 1. The molecule has 0 spiro atoms. The van der Waals surface area contributed by atoms with Crippen molar-refractivity contribution >= 4 is 28.2 Å². The monoisotopic (exact) mass is 310 g/mol. The molecular formula is C18H15FN2O2. The highest BCUT2D eigenvalue weighted by atomic mass is 19.1. The van der Waals surface area contributed by atoms with E-state index >= 15 is 0 Å². The molecule has 0 aliphatic carbocycles. The lowest BCUT2D eigenvalue weighted by molar-refractivity contribution is 0.0526. The molecular weight excluding hydrogens is 295 g/mol. The van der Waals surface area contributed by atoms with Gasteiger partial charge in [-0.2, -0.15) is 0 Å². The minimum absolute atomic E-state index is 0.319. The van der Waals surface area contributed by atoms with Crippen molar-refractivity contribution in [3.8, 4) is 0 Å². The number of nitrogens with zero attached hydrogens (tertiary/aromatic N) is 1. The topological polar surface area (TPSA) is 51.2 Å². The van der Waals surface area contributed by atoms with Crippen LogP contribution in [0.5, 0.6) is 0 Å². The third-order valence-electron chi connectivity index (χ3n) is 3.38. The molecule has 0 atom stereocenters. The Kier molecular flexibility index (Phi) is 4.19. The molecule has 0 aliphatic rings. The number of hydrogen-bond donors (Lipinski definition) is 1. The summed E-state index contributed by atoms with van der Waals surface area (Å²) in [6.45, 7) is 2.11. The predicted octanol–water partition coefficient (Wildman–Crippen LogP) is 4.29. The van der Waals surface area contributed by atoms with Crippen molar-refractivity contribution in [2.45, 2.75) is 6.92 Å². The fourth-order valence-corrected chi connectivity index (χ4v) is 2.29. The maximum absolute atomic E-state index is 13.3. The van der Waals surface area contributed by atoms with Crippen LogP contribution < -0.4 is 5.32 Å². The van der Waals surface area contributed by atoms with Crippen LogP contribution in [-0.4, -0.2) is 17.6 Å². The third-order valence-corrected chi connectivity index (χ3v) is 3.38. The Morgan fingerprint density at radius 3 is 2.70 bits per heavy atom. The number of anilines is 2. The molecule has 0 radical (unpaired) electrons. The van der Waals surface area contributed by atoms with E-state index in [4.69, 9.17) is 4.74 Å². The normalized spacial score (nSPS) is 10.5. The summed E-state index contributed by atoms with van der Waals surface area (Å²) >= 11 is 0. The largest absolute Gasteiger partial charge is 0.462 e. The van der Waals surface area contributed by atoms with E-state index in [0.29, 0.717) is 17.7 Å². The highest BCUT2D eigenvalue weighted by molar-refractivity contribution is 5.93. The summed E-state index contributed by atoms with van der Waals surface area (Å²) in [5.41, 5.74) is 2.71. The van der Waals surface area contributed by atoms with Crippen LogP contribution in [0.4, 0.5) is 15.8 Å². The van der Waals surface area contributed by atoms with Crippen molar-refractivity contribution in [3.63, 3.8) is 0 Å². The van der Waals surface area contributed by atoms with E-state index in [1.807, 2.05) is 6.07 Å². The van der Waals surface area contributed by atoms with Crippen LogP contribution in [0.1, 0.15) is 17.3 Å². The van der Waals surface area contributed by atoms with Crippen LogP contribution in [-0.2, 0) is 4.74 Å². The van der Waals surface area contributed by atoms with Crippen LogP contribution >= 0.6 is 0 Å². The molecule has 0 unspecified atom stereocenters. The number of pyridine rings is 1. The minimum Gasteiger partial charge on any atom is -0.462 e. The average Bonchev–Trinajstić information content (AvgIpc) is 2.55. The van der Waals surface area contributed by atoms with Crippen molar-refractivity contribution in [3.05, 3.63) is 66.1 Å². The molecule has 1 heterocycles. The van der Waals surface area contributed by atoms with Gasteiger partial charge in [0.05, 0.1) is 17.7 Å². The zero-order valence-electron chi connectivity index (χ0n) is 12.5. The molecule has 23 heavy (non-hydrogen) atoms. The Labute approximate surface area is 132 Å². The molecule has 5 heteroatoms. The van der Waals surface area contributed by atoms with Crippen molar-refractivity contribution in [1.29, 1.82) is 0 Å². The summed E-state index contributed by atoms with van der Waals surface area (Å²) in [5, 5.41) is 4.07. The van der Waals surface area contributed by atoms with Crippen LogP contribution in [0.25, 0.3) is 10.9 Å². The number of esters is 1. The second-order valence-corrected chi connectivity index (χ2v) is 4.94. The molecule has 1 N–H and O–H groups in total. The van der Waals surface area contributed by atoms with Crippen LogP contribution in [0.15, 0.2) is 54.7 Å². The Morgan fingerprint density at radius 2 is 1.96 bits per heavy atom. The first-order valence-corrected chi connectivity index (χ1v) is 7.26. The summed E-state index contributed by atoms with van der Waals surface area (Å²) in [5.74, 6) is -0.662. The number of carbonyl (C=O) groups excluding carboxylic acids is 1. The Bertz CT molecular complexity index is 847. The van der Waals surface area contributed by atoms with E-state index in [1.165, 1.54) is 12.1 Å². The van der Waals surface area contributed by atoms with E-state index in [-0.39, 0.29) is 11.8 Å². The van der Waals surface area contributed by atoms with E-state index in [1.54, 1.807) is 43.5 Å². The van der Waals surface area contributed by atoms with E-state index in [0.717, 1.165) is 16.8 Å². The van der Waals surface area contributed by atoms with Crippen LogP contribution in [0, 0.1) is 5.82 Å².